The number of anilines is 3. The quantitative estimate of drug-likeness (QED) is 0.508. The van der Waals surface area contributed by atoms with Crippen LogP contribution < -0.4 is 15.4 Å². The highest BCUT2D eigenvalue weighted by Crippen LogP contribution is 2.32. The molecular weight excluding hydrogens is 374 g/mol. The average molecular weight is 395 g/mol. The zero-order chi connectivity index (χ0) is 21.5. The van der Waals surface area contributed by atoms with Crippen molar-refractivity contribution in [2.24, 2.45) is 0 Å². The summed E-state index contributed by atoms with van der Waals surface area (Å²) in [7, 11) is 0. The Balaban J connectivity index is 1.93. The predicted octanol–water partition coefficient (Wildman–Crippen LogP) is 5.58. The number of benzene rings is 2. The lowest BCUT2D eigenvalue weighted by Gasteiger charge is -2.15. The maximum Gasteiger partial charge on any atom is 0.136 e. The molecule has 0 aliphatic rings. The van der Waals surface area contributed by atoms with E-state index < -0.39 is 0 Å². The minimum atomic E-state index is 0.557. The summed E-state index contributed by atoms with van der Waals surface area (Å²) in [4.78, 5) is 4.56. The predicted molar refractivity (Wildman–Crippen MR) is 118 cm³/mol. The highest BCUT2D eigenvalue weighted by Gasteiger charge is 2.11. The SMILES string of the molecule is C=CCNc1cc(Oc2c(C)cc(C#N)cc2C)cc(Nc2ccc(C#N)cc2)n1. The molecular formula is C24H21N5O. The molecule has 1 aromatic heterocycles. The van der Waals surface area contributed by atoms with Crippen molar-refractivity contribution in [3.8, 4) is 23.6 Å². The van der Waals surface area contributed by atoms with Gasteiger partial charge in [0, 0.05) is 24.4 Å². The number of rotatable bonds is 7. The Hall–Kier alpha value is -4.29. The Kier molecular flexibility index (Phi) is 6.32. The Morgan fingerprint density at radius 2 is 1.60 bits per heavy atom. The third-order valence-corrected chi connectivity index (χ3v) is 4.32. The van der Waals surface area contributed by atoms with Gasteiger partial charge in [-0.25, -0.2) is 4.98 Å². The van der Waals surface area contributed by atoms with Gasteiger partial charge >= 0.3 is 0 Å². The minimum absolute atomic E-state index is 0.557. The Morgan fingerprint density at radius 1 is 0.967 bits per heavy atom. The van der Waals surface area contributed by atoms with Crippen molar-refractivity contribution < 1.29 is 4.74 Å². The standard InChI is InChI=1S/C24H21N5O/c1-4-9-27-22-12-21(30-24-16(2)10-19(15-26)11-17(24)3)13-23(29-22)28-20-7-5-18(14-25)6-8-20/h4-8,10-13H,1,9H2,2-3H3,(H2,27,28,29). The van der Waals surface area contributed by atoms with Gasteiger partial charge < -0.3 is 15.4 Å². The van der Waals surface area contributed by atoms with Crippen LogP contribution in [0.15, 0.2) is 61.2 Å². The van der Waals surface area contributed by atoms with Crippen LogP contribution in [0.3, 0.4) is 0 Å². The van der Waals surface area contributed by atoms with Crippen molar-refractivity contribution in [1.82, 2.24) is 4.98 Å². The van der Waals surface area contributed by atoms with E-state index in [4.69, 9.17) is 15.3 Å². The van der Waals surface area contributed by atoms with Crippen molar-refractivity contribution in [1.29, 1.82) is 10.5 Å². The van der Waals surface area contributed by atoms with Gasteiger partial charge in [-0.1, -0.05) is 6.08 Å². The molecule has 0 atom stereocenters. The van der Waals surface area contributed by atoms with Crippen molar-refractivity contribution in [2.75, 3.05) is 17.2 Å². The zero-order valence-electron chi connectivity index (χ0n) is 16.9. The molecule has 3 rings (SSSR count). The molecule has 2 N–H and O–H groups in total. The first-order valence-corrected chi connectivity index (χ1v) is 9.35. The monoisotopic (exact) mass is 395 g/mol. The van der Waals surface area contributed by atoms with Gasteiger partial charge in [-0.2, -0.15) is 10.5 Å². The summed E-state index contributed by atoms with van der Waals surface area (Å²) in [5.74, 6) is 2.53. The van der Waals surface area contributed by atoms with Crippen LogP contribution in [0.2, 0.25) is 0 Å². The van der Waals surface area contributed by atoms with Crippen LogP contribution in [-0.4, -0.2) is 11.5 Å². The van der Waals surface area contributed by atoms with Crippen LogP contribution in [0.25, 0.3) is 0 Å². The van der Waals surface area contributed by atoms with Crippen LogP contribution in [0, 0.1) is 36.5 Å². The second-order valence-corrected chi connectivity index (χ2v) is 6.71. The molecule has 0 fully saturated rings. The summed E-state index contributed by atoms with van der Waals surface area (Å²) in [6, 6.07) is 18.6. The fourth-order valence-electron chi connectivity index (χ4n) is 2.97. The molecule has 0 unspecified atom stereocenters. The van der Waals surface area contributed by atoms with Gasteiger partial charge in [0.2, 0.25) is 0 Å². The van der Waals surface area contributed by atoms with Gasteiger partial charge in [-0.15, -0.1) is 6.58 Å². The lowest BCUT2D eigenvalue weighted by atomic mass is 10.1. The number of aryl methyl sites for hydroxylation is 2. The van der Waals surface area contributed by atoms with Crippen LogP contribution in [-0.2, 0) is 0 Å². The molecule has 0 amide bonds. The van der Waals surface area contributed by atoms with Crippen LogP contribution in [0.5, 0.6) is 11.5 Å². The number of nitrogens with one attached hydrogen (secondary N) is 2. The summed E-state index contributed by atoms with van der Waals surface area (Å²) in [5, 5.41) is 24.5. The van der Waals surface area contributed by atoms with E-state index in [0.29, 0.717) is 40.8 Å². The van der Waals surface area contributed by atoms with E-state index in [-0.39, 0.29) is 0 Å². The van der Waals surface area contributed by atoms with E-state index in [0.717, 1.165) is 16.8 Å². The molecule has 0 spiro atoms. The molecule has 6 nitrogen and oxygen atoms in total. The van der Waals surface area contributed by atoms with Gasteiger partial charge in [0.05, 0.1) is 23.3 Å². The summed E-state index contributed by atoms with van der Waals surface area (Å²) >= 11 is 0. The summed E-state index contributed by atoms with van der Waals surface area (Å²) in [5.41, 5.74) is 3.75. The third kappa shape index (κ3) is 4.95. The Bertz CT molecular complexity index is 1130. The number of aromatic nitrogens is 1. The second-order valence-electron chi connectivity index (χ2n) is 6.71. The second kappa shape index (κ2) is 9.27. The van der Waals surface area contributed by atoms with Crippen LogP contribution in [0.1, 0.15) is 22.3 Å². The largest absolute Gasteiger partial charge is 0.457 e. The number of nitrogens with zero attached hydrogens (tertiary/aromatic N) is 3. The minimum Gasteiger partial charge on any atom is -0.457 e. The smallest absolute Gasteiger partial charge is 0.136 e. The van der Waals surface area contributed by atoms with Crippen molar-refractivity contribution in [3.63, 3.8) is 0 Å². The Labute approximate surface area is 176 Å². The van der Waals surface area contributed by atoms with Crippen LogP contribution in [0.4, 0.5) is 17.3 Å². The number of hydrogen-bond acceptors (Lipinski definition) is 6. The maximum absolute atomic E-state index is 9.15. The van der Waals surface area contributed by atoms with E-state index in [1.54, 1.807) is 36.4 Å². The van der Waals surface area contributed by atoms with Crippen molar-refractivity contribution >= 4 is 17.3 Å². The van der Waals surface area contributed by atoms with Gasteiger partial charge in [0.25, 0.3) is 0 Å². The average Bonchev–Trinajstić information content (AvgIpc) is 2.75. The first-order chi connectivity index (χ1) is 14.5. The molecule has 3 aromatic rings. The Morgan fingerprint density at radius 3 is 2.20 bits per heavy atom. The number of hydrogen-bond donors (Lipinski definition) is 2. The third-order valence-electron chi connectivity index (χ3n) is 4.32. The highest BCUT2D eigenvalue weighted by atomic mass is 16.5. The first-order valence-electron chi connectivity index (χ1n) is 9.35. The lowest BCUT2D eigenvalue weighted by Crippen LogP contribution is -2.03. The van der Waals surface area contributed by atoms with Crippen molar-refractivity contribution in [2.45, 2.75) is 13.8 Å². The molecule has 0 aliphatic carbocycles. The molecule has 1 heterocycles. The van der Waals surface area contributed by atoms with Gasteiger partial charge in [-0.05, 0) is 61.4 Å². The fraction of sp³-hybridized carbons (Fsp3) is 0.125. The molecule has 30 heavy (non-hydrogen) atoms. The summed E-state index contributed by atoms with van der Waals surface area (Å²) in [6.07, 6.45) is 1.75. The van der Waals surface area contributed by atoms with E-state index >= 15 is 0 Å². The summed E-state index contributed by atoms with van der Waals surface area (Å²) in [6.45, 7) is 8.11. The maximum atomic E-state index is 9.15. The van der Waals surface area contributed by atoms with E-state index in [1.165, 1.54) is 0 Å². The lowest BCUT2D eigenvalue weighted by molar-refractivity contribution is 0.475. The molecule has 6 heteroatoms. The molecule has 0 bridgehead atoms. The summed E-state index contributed by atoms with van der Waals surface area (Å²) < 4.78 is 6.18. The van der Waals surface area contributed by atoms with Crippen LogP contribution >= 0.6 is 0 Å². The zero-order valence-corrected chi connectivity index (χ0v) is 16.9. The van der Waals surface area contributed by atoms with E-state index in [1.807, 2.05) is 32.0 Å². The van der Waals surface area contributed by atoms with Gasteiger partial charge in [0.15, 0.2) is 0 Å². The normalized spacial score (nSPS) is 9.87. The number of ether oxygens (including phenoxy) is 1. The molecule has 0 radical (unpaired) electrons. The van der Waals surface area contributed by atoms with Crippen molar-refractivity contribution in [3.05, 3.63) is 83.4 Å². The molecule has 0 saturated carbocycles. The molecule has 148 valence electrons. The topological polar surface area (TPSA) is 93.8 Å². The number of nitriles is 2. The van der Waals surface area contributed by atoms with Gasteiger partial charge in [-0.3, -0.25) is 0 Å². The van der Waals surface area contributed by atoms with E-state index in [9.17, 15) is 0 Å². The molecule has 2 aromatic carbocycles. The van der Waals surface area contributed by atoms with E-state index in [2.05, 4.69) is 34.3 Å². The highest BCUT2D eigenvalue weighted by molar-refractivity contribution is 5.62. The fourth-order valence-corrected chi connectivity index (χ4v) is 2.97. The molecule has 0 saturated heterocycles. The van der Waals surface area contributed by atoms with Gasteiger partial charge in [0.1, 0.15) is 23.1 Å². The molecule has 0 aliphatic heterocycles. The first kappa shape index (κ1) is 20.4. The number of pyridine rings is 1.